The van der Waals surface area contributed by atoms with Crippen molar-refractivity contribution in [3.63, 3.8) is 0 Å². The summed E-state index contributed by atoms with van der Waals surface area (Å²) in [6.07, 6.45) is 0. The molecule has 200 valence electrons. The minimum atomic E-state index is -4.64. The van der Waals surface area contributed by atoms with Gasteiger partial charge in [-0.2, -0.15) is 0 Å². The van der Waals surface area contributed by atoms with Crippen LogP contribution in [0.5, 0.6) is 0 Å². The van der Waals surface area contributed by atoms with E-state index >= 15 is 0 Å². The van der Waals surface area contributed by atoms with Crippen LogP contribution in [0.1, 0.15) is 0 Å². The van der Waals surface area contributed by atoms with E-state index in [1.54, 1.807) is 0 Å². The molecule has 0 aliphatic carbocycles. The van der Waals surface area contributed by atoms with Crippen molar-refractivity contribution in [2.45, 2.75) is 0 Å². The van der Waals surface area contributed by atoms with Gasteiger partial charge >= 0.3 is 165 Å². The van der Waals surface area contributed by atoms with Crippen LogP contribution in [0.3, 0.4) is 0 Å². The summed E-state index contributed by atoms with van der Waals surface area (Å²) in [7, 11) is -27.8. The summed E-state index contributed by atoms with van der Waals surface area (Å²) in [4.78, 5) is 129. The first-order valence-corrected chi connectivity index (χ1v) is 14.1. The second kappa shape index (κ2) is 30.6. The molecule has 0 aromatic rings. The standard InChI is InChI=1S/4Na.6H3O4P.4H/c;;;;6*1-5(2,3)4;;;;/h;;;;6*(H3,1,2,3,4);;;;. The summed E-state index contributed by atoms with van der Waals surface area (Å²) in [5.41, 5.74) is 0. The first-order chi connectivity index (χ1) is 12.0. The van der Waals surface area contributed by atoms with Crippen LogP contribution in [-0.2, 0) is 27.4 Å². The summed E-state index contributed by atoms with van der Waals surface area (Å²) in [5.74, 6) is 0. The van der Waals surface area contributed by atoms with Crippen molar-refractivity contribution in [3.05, 3.63) is 0 Å². The van der Waals surface area contributed by atoms with E-state index in [0.717, 1.165) is 0 Å². The van der Waals surface area contributed by atoms with Crippen LogP contribution >= 0.6 is 46.9 Å². The quantitative estimate of drug-likeness (QED) is 0.0832. The molecule has 0 fully saturated rings. The Bertz CT molecular complexity index is 472. The first-order valence-electron chi connectivity index (χ1n) is 4.70. The molecule has 0 radical (unpaired) electrons. The average Bonchev–Trinajstić information content (AvgIpc) is 1.94. The molecule has 0 aliphatic rings. The van der Waals surface area contributed by atoms with Crippen LogP contribution in [0, 0.1) is 0 Å². The van der Waals surface area contributed by atoms with Gasteiger partial charge in [-0.05, 0) is 0 Å². The average molecular weight is 684 g/mol. The zero-order valence-electron chi connectivity index (χ0n) is 13.2. The second-order valence-corrected chi connectivity index (χ2v) is 9.24. The third-order valence-electron chi connectivity index (χ3n) is 0. The summed E-state index contributed by atoms with van der Waals surface area (Å²) in [5, 5.41) is 0. The Morgan fingerprint density at radius 3 is 0.206 bits per heavy atom. The molecule has 0 saturated carbocycles. The van der Waals surface area contributed by atoms with Crippen molar-refractivity contribution in [3.8, 4) is 0 Å². The Kier molecular flexibility index (Phi) is 60.1. The van der Waals surface area contributed by atoms with Gasteiger partial charge in [-0.1, -0.05) is 0 Å². The Morgan fingerprint density at radius 1 is 0.206 bits per heavy atom. The van der Waals surface area contributed by atoms with Crippen molar-refractivity contribution in [2.75, 3.05) is 0 Å². The minimum absolute atomic E-state index is 0. The molecule has 18 N–H and O–H groups in total. The van der Waals surface area contributed by atoms with Gasteiger partial charge < -0.3 is 88.1 Å². The summed E-state index contributed by atoms with van der Waals surface area (Å²) >= 11 is 0. The summed E-state index contributed by atoms with van der Waals surface area (Å²) < 4.78 is 53.3. The van der Waals surface area contributed by atoms with E-state index in [9.17, 15) is 0 Å². The van der Waals surface area contributed by atoms with Crippen LogP contribution < -0.4 is 0 Å². The predicted molar refractivity (Wildman–Crippen MR) is 114 cm³/mol. The fourth-order valence-corrected chi connectivity index (χ4v) is 0. The van der Waals surface area contributed by atoms with E-state index in [2.05, 4.69) is 0 Å². The van der Waals surface area contributed by atoms with Crippen LogP contribution in [-0.4, -0.2) is 206 Å². The monoisotopic (exact) mass is 684 g/mol. The van der Waals surface area contributed by atoms with E-state index in [0.29, 0.717) is 0 Å². The molecule has 0 heterocycles. The molecular formula is H22Na4O24P6. The van der Waals surface area contributed by atoms with Gasteiger partial charge in [-0.15, -0.1) is 0 Å². The van der Waals surface area contributed by atoms with Gasteiger partial charge in [0.15, 0.2) is 0 Å². The molecule has 0 saturated heterocycles. The molecule has 24 nitrogen and oxygen atoms in total. The molecule has 0 atom stereocenters. The molecule has 0 bridgehead atoms. The molecule has 0 amide bonds. The first kappa shape index (κ1) is 66.8. The molecule has 0 aromatic carbocycles. The number of phosphoric acid groups is 6. The summed E-state index contributed by atoms with van der Waals surface area (Å²) in [6, 6.07) is 0. The van der Waals surface area contributed by atoms with Crippen molar-refractivity contribution >= 4 is 165 Å². The van der Waals surface area contributed by atoms with Crippen molar-refractivity contribution in [1.29, 1.82) is 0 Å². The number of hydrogen-bond acceptors (Lipinski definition) is 6. The Hall–Kier alpha value is 4.66. The zero-order valence-corrected chi connectivity index (χ0v) is 18.5. The van der Waals surface area contributed by atoms with Crippen LogP contribution in [0.2, 0.25) is 0 Å². The molecule has 0 aliphatic heterocycles. The Labute approximate surface area is 277 Å². The normalized spacial score (nSPS) is 10.4. The van der Waals surface area contributed by atoms with Gasteiger partial charge in [0, 0.05) is 0 Å². The zero-order chi connectivity index (χ0) is 27.0. The second-order valence-electron chi connectivity index (χ2n) is 3.08. The van der Waals surface area contributed by atoms with E-state index in [4.69, 9.17) is 115 Å². The molecule has 0 unspecified atom stereocenters. The van der Waals surface area contributed by atoms with Crippen LogP contribution in [0.4, 0.5) is 0 Å². The van der Waals surface area contributed by atoms with Crippen molar-refractivity contribution in [1.82, 2.24) is 0 Å². The van der Waals surface area contributed by atoms with Gasteiger partial charge in [0.2, 0.25) is 0 Å². The number of hydrogen-bond donors (Lipinski definition) is 18. The third-order valence-corrected chi connectivity index (χ3v) is 0. The molecule has 0 spiro atoms. The molecule has 34 heteroatoms. The topological polar surface area (TPSA) is 467 Å². The van der Waals surface area contributed by atoms with Gasteiger partial charge in [0.25, 0.3) is 0 Å². The molecule has 0 aromatic heterocycles. The predicted octanol–water partition coefficient (Wildman–Crippen LogP) is -8.17. The van der Waals surface area contributed by atoms with Crippen LogP contribution in [0.25, 0.3) is 0 Å². The van der Waals surface area contributed by atoms with Gasteiger partial charge in [0.05, 0.1) is 0 Å². The van der Waals surface area contributed by atoms with Crippen LogP contribution in [0.15, 0.2) is 0 Å². The fourth-order valence-electron chi connectivity index (χ4n) is 0. The van der Waals surface area contributed by atoms with E-state index in [-0.39, 0.29) is 118 Å². The van der Waals surface area contributed by atoms with Crippen molar-refractivity contribution < 1.29 is 115 Å². The van der Waals surface area contributed by atoms with Gasteiger partial charge in [-0.25, -0.2) is 27.4 Å². The molecule has 34 heavy (non-hydrogen) atoms. The van der Waals surface area contributed by atoms with Gasteiger partial charge in [-0.3, -0.25) is 0 Å². The third kappa shape index (κ3) is 2150. The van der Waals surface area contributed by atoms with Crippen molar-refractivity contribution in [2.24, 2.45) is 0 Å². The molecular weight excluding hydrogens is 662 g/mol. The fraction of sp³-hybridized carbons (Fsp3) is 0. The van der Waals surface area contributed by atoms with Gasteiger partial charge in [0.1, 0.15) is 0 Å². The van der Waals surface area contributed by atoms with E-state index in [1.165, 1.54) is 0 Å². The van der Waals surface area contributed by atoms with E-state index in [1.807, 2.05) is 0 Å². The maximum atomic E-state index is 8.88. The number of rotatable bonds is 0. The Morgan fingerprint density at radius 2 is 0.206 bits per heavy atom. The Balaban J connectivity index is -0.0000000248. The van der Waals surface area contributed by atoms with E-state index < -0.39 is 46.9 Å². The summed E-state index contributed by atoms with van der Waals surface area (Å²) in [6.45, 7) is 0. The maximum absolute atomic E-state index is 8.88. The molecule has 0 rings (SSSR count). The SMILES string of the molecule is O=P(O)(O)O.O=P(O)(O)O.O=P(O)(O)O.O=P(O)(O)O.O=P(O)(O)O.O=P(O)(O)O.[NaH].[NaH].[NaH].[NaH].